The van der Waals surface area contributed by atoms with Gasteiger partial charge in [-0.1, -0.05) is 49.4 Å². The second-order valence-corrected chi connectivity index (χ2v) is 3.86. The van der Waals surface area contributed by atoms with Crippen LogP contribution in [0.4, 0.5) is 5.69 Å². The van der Waals surface area contributed by atoms with E-state index in [1.54, 1.807) is 0 Å². The highest BCUT2D eigenvalue weighted by molar-refractivity contribution is 5.42. The molecule has 0 aliphatic rings. The number of hydrogen-bond acceptors (Lipinski definition) is 2. The largest absolute Gasteiger partial charge is 0.389 e. The zero-order chi connectivity index (χ0) is 12.3. The van der Waals surface area contributed by atoms with Gasteiger partial charge in [0.2, 0.25) is 0 Å². The summed E-state index contributed by atoms with van der Waals surface area (Å²) in [6.45, 7) is 2.82. The predicted molar refractivity (Wildman–Crippen MR) is 74.1 cm³/mol. The van der Waals surface area contributed by atoms with Crippen molar-refractivity contribution in [2.75, 3.05) is 11.9 Å². The van der Waals surface area contributed by atoms with E-state index in [4.69, 9.17) is 0 Å². The number of aliphatic hydroxyl groups is 1. The Bertz CT molecular complexity index is 343. The summed E-state index contributed by atoms with van der Waals surface area (Å²) in [4.78, 5) is 0. The number of benzene rings is 1. The molecule has 0 unspecified atom stereocenters. The molecule has 17 heavy (non-hydrogen) atoms. The summed E-state index contributed by atoms with van der Waals surface area (Å²) in [7, 11) is 0. The van der Waals surface area contributed by atoms with Crippen LogP contribution in [0.15, 0.2) is 54.6 Å². The lowest BCUT2D eigenvalue weighted by atomic mass is 10.2. The first kappa shape index (κ1) is 13.5. The van der Waals surface area contributed by atoms with Gasteiger partial charge >= 0.3 is 0 Å². The van der Waals surface area contributed by atoms with E-state index in [9.17, 15) is 5.11 Å². The van der Waals surface area contributed by atoms with Crippen molar-refractivity contribution in [2.24, 2.45) is 0 Å². The standard InChI is InChI=1S/C15H21NO/c1-2-3-5-11-15(17)12-8-13-16-14-9-6-4-7-10-14/h3-10,12,15-17H,2,11,13H2,1H3/b5-3-,12-8-/t15-/m1/s1. The predicted octanol–water partition coefficient (Wildman–Crippen LogP) is 3.37. The van der Waals surface area contributed by atoms with Crippen LogP contribution in [0.25, 0.3) is 0 Å². The molecule has 1 aromatic carbocycles. The maximum atomic E-state index is 9.61. The van der Waals surface area contributed by atoms with Gasteiger partial charge in [0.05, 0.1) is 6.10 Å². The summed E-state index contributed by atoms with van der Waals surface area (Å²) in [5, 5.41) is 12.9. The van der Waals surface area contributed by atoms with Crippen LogP contribution >= 0.6 is 0 Å². The van der Waals surface area contributed by atoms with Crippen LogP contribution in [-0.4, -0.2) is 17.8 Å². The Morgan fingerprint density at radius 1 is 1.18 bits per heavy atom. The molecule has 1 aromatic rings. The van der Waals surface area contributed by atoms with Gasteiger partial charge in [-0.3, -0.25) is 0 Å². The lowest BCUT2D eigenvalue weighted by Crippen LogP contribution is -2.02. The minimum absolute atomic E-state index is 0.379. The molecule has 2 heteroatoms. The van der Waals surface area contributed by atoms with Crippen molar-refractivity contribution in [1.82, 2.24) is 0 Å². The van der Waals surface area contributed by atoms with Crippen LogP contribution in [0.3, 0.4) is 0 Å². The van der Waals surface area contributed by atoms with Gasteiger partial charge in [0.1, 0.15) is 0 Å². The molecule has 2 N–H and O–H groups in total. The number of hydrogen-bond donors (Lipinski definition) is 2. The molecule has 0 heterocycles. The highest BCUT2D eigenvalue weighted by Gasteiger charge is 1.93. The smallest absolute Gasteiger partial charge is 0.0755 e. The summed E-state index contributed by atoms with van der Waals surface area (Å²) in [5.41, 5.74) is 1.09. The first-order valence-electron chi connectivity index (χ1n) is 6.11. The van der Waals surface area contributed by atoms with Gasteiger partial charge in [-0.15, -0.1) is 0 Å². The first-order valence-corrected chi connectivity index (χ1v) is 6.11. The van der Waals surface area contributed by atoms with Crippen molar-refractivity contribution in [1.29, 1.82) is 0 Å². The highest BCUT2D eigenvalue weighted by Crippen LogP contribution is 2.04. The van der Waals surface area contributed by atoms with Crippen LogP contribution in [-0.2, 0) is 0 Å². The Balaban J connectivity index is 2.19. The third-order valence-electron chi connectivity index (χ3n) is 2.34. The van der Waals surface area contributed by atoms with E-state index < -0.39 is 0 Å². The van der Waals surface area contributed by atoms with Crippen LogP contribution in [0.2, 0.25) is 0 Å². The fourth-order valence-electron chi connectivity index (χ4n) is 1.44. The minimum Gasteiger partial charge on any atom is -0.389 e. The molecule has 2 nitrogen and oxygen atoms in total. The van der Waals surface area contributed by atoms with Crippen molar-refractivity contribution in [2.45, 2.75) is 25.9 Å². The van der Waals surface area contributed by atoms with Gasteiger partial charge in [-0.2, -0.15) is 0 Å². The molecular weight excluding hydrogens is 210 g/mol. The fourth-order valence-corrected chi connectivity index (χ4v) is 1.44. The topological polar surface area (TPSA) is 32.3 Å². The zero-order valence-electron chi connectivity index (χ0n) is 10.3. The van der Waals surface area contributed by atoms with Crippen molar-refractivity contribution < 1.29 is 5.11 Å². The van der Waals surface area contributed by atoms with Gasteiger partial charge in [0, 0.05) is 12.2 Å². The fraction of sp³-hybridized carbons (Fsp3) is 0.333. The maximum Gasteiger partial charge on any atom is 0.0755 e. The summed E-state index contributed by atoms with van der Waals surface area (Å²) in [6, 6.07) is 10.0. The van der Waals surface area contributed by atoms with Crippen molar-refractivity contribution in [3.05, 3.63) is 54.6 Å². The normalized spacial score (nSPS) is 13.3. The Hall–Kier alpha value is -1.54. The van der Waals surface area contributed by atoms with Crippen molar-refractivity contribution >= 4 is 5.69 Å². The lowest BCUT2D eigenvalue weighted by Gasteiger charge is -2.03. The van der Waals surface area contributed by atoms with Crippen LogP contribution < -0.4 is 5.32 Å². The highest BCUT2D eigenvalue weighted by atomic mass is 16.3. The van der Waals surface area contributed by atoms with Gasteiger partial charge in [-0.05, 0) is 25.0 Å². The number of allylic oxidation sites excluding steroid dienone is 1. The summed E-state index contributed by atoms with van der Waals surface area (Å²) < 4.78 is 0. The minimum atomic E-state index is -0.379. The number of aliphatic hydroxyl groups excluding tert-OH is 1. The SMILES string of the molecule is CC/C=C\C[C@@H](O)/C=C\CNc1ccccc1. The average molecular weight is 231 g/mol. The van der Waals surface area contributed by atoms with Crippen molar-refractivity contribution in [3.8, 4) is 0 Å². The van der Waals surface area contributed by atoms with Crippen LogP contribution in [0, 0.1) is 0 Å². The molecule has 0 saturated carbocycles. The maximum absolute atomic E-state index is 9.61. The van der Waals surface area contributed by atoms with E-state index in [1.165, 1.54) is 0 Å². The molecule has 1 rings (SSSR count). The van der Waals surface area contributed by atoms with Gasteiger partial charge in [0.15, 0.2) is 0 Å². The number of nitrogens with one attached hydrogen (secondary N) is 1. The van der Waals surface area contributed by atoms with Crippen molar-refractivity contribution in [3.63, 3.8) is 0 Å². The van der Waals surface area contributed by atoms with Gasteiger partial charge < -0.3 is 10.4 Å². The molecule has 0 radical (unpaired) electrons. The third kappa shape index (κ3) is 6.59. The van der Waals surface area contributed by atoms with Gasteiger partial charge in [0.25, 0.3) is 0 Å². The second-order valence-electron chi connectivity index (χ2n) is 3.86. The Kier molecular flexibility index (Phi) is 6.84. The molecule has 0 aromatic heterocycles. The van der Waals surface area contributed by atoms with E-state index >= 15 is 0 Å². The number of para-hydroxylation sites is 1. The molecule has 0 saturated heterocycles. The molecular formula is C15H21NO. The summed E-state index contributed by atoms with van der Waals surface area (Å²) in [6.07, 6.45) is 9.20. The third-order valence-corrected chi connectivity index (χ3v) is 2.34. The molecule has 0 aliphatic carbocycles. The molecule has 0 aliphatic heterocycles. The monoisotopic (exact) mass is 231 g/mol. The number of rotatable bonds is 7. The zero-order valence-corrected chi connectivity index (χ0v) is 10.3. The summed E-state index contributed by atoms with van der Waals surface area (Å²) in [5.74, 6) is 0. The van der Waals surface area contributed by atoms with E-state index in [2.05, 4.69) is 18.3 Å². The molecule has 92 valence electrons. The summed E-state index contributed by atoms with van der Waals surface area (Å²) >= 11 is 0. The van der Waals surface area contributed by atoms with E-state index in [-0.39, 0.29) is 6.10 Å². The molecule has 0 bridgehead atoms. The molecule has 0 amide bonds. The quantitative estimate of drug-likeness (QED) is 0.705. The van der Waals surface area contributed by atoms with Crippen LogP contribution in [0.1, 0.15) is 19.8 Å². The Morgan fingerprint density at radius 3 is 2.65 bits per heavy atom. The molecule has 0 spiro atoms. The van der Waals surface area contributed by atoms with E-state index in [1.807, 2.05) is 48.6 Å². The average Bonchev–Trinajstić information content (AvgIpc) is 2.36. The lowest BCUT2D eigenvalue weighted by molar-refractivity contribution is 0.226. The first-order chi connectivity index (χ1) is 8.33. The van der Waals surface area contributed by atoms with E-state index in [0.717, 1.165) is 18.7 Å². The number of anilines is 1. The van der Waals surface area contributed by atoms with E-state index in [0.29, 0.717) is 6.42 Å². The second kappa shape index (κ2) is 8.59. The molecule has 1 atom stereocenters. The van der Waals surface area contributed by atoms with Gasteiger partial charge in [-0.25, -0.2) is 0 Å². The molecule has 0 fully saturated rings. The van der Waals surface area contributed by atoms with Crippen LogP contribution in [0.5, 0.6) is 0 Å². The Morgan fingerprint density at radius 2 is 1.94 bits per heavy atom. The Labute approximate surface area is 104 Å².